The molecule has 2 atom stereocenters. The van der Waals surface area contributed by atoms with Crippen molar-refractivity contribution in [3.8, 4) is 11.4 Å². The van der Waals surface area contributed by atoms with Crippen molar-refractivity contribution in [3.63, 3.8) is 0 Å². The molecule has 5 rings (SSSR count). The third kappa shape index (κ3) is 4.81. The largest absolute Gasteiger partial charge is 0.593 e. The lowest BCUT2D eigenvalue weighted by Gasteiger charge is -2.32. The topological polar surface area (TPSA) is 92.8 Å². The fourth-order valence-corrected chi connectivity index (χ4v) is 5.54. The Morgan fingerprint density at radius 1 is 1.24 bits per heavy atom. The number of aromatic nitrogens is 4. The molecule has 0 amide bonds. The van der Waals surface area contributed by atoms with Crippen molar-refractivity contribution in [2.24, 2.45) is 5.92 Å². The summed E-state index contributed by atoms with van der Waals surface area (Å²) in [6.45, 7) is 1.97. The number of hydrogen-bond acceptors (Lipinski definition) is 6. The minimum Gasteiger partial charge on any atom is -0.593 e. The maximum atomic E-state index is 14.5. The second-order valence-electron chi connectivity index (χ2n) is 7.98. The van der Waals surface area contributed by atoms with E-state index in [9.17, 15) is 8.94 Å². The van der Waals surface area contributed by atoms with Crippen LogP contribution in [-0.2, 0) is 11.4 Å². The molecule has 0 aliphatic carbocycles. The van der Waals surface area contributed by atoms with Crippen LogP contribution in [0.25, 0.3) is 22.4 Å². The fraction of sp³-hybridized carbons (Fsp3) is 0.261. The number of halogens is 2. The molecule has 33 heavy (non-hydrogen) atoms. The summed E-state index contributed by atoms with van der Waals surface area (Å²) in [5, 5.41) is 4.41. The number of piperidine rings is 1. The van der Waals surface area contributed by atoms with Crippen molar-refractivity contribution in [2.45, 2.75) is 17.7 Å². The highest BCUT2D eigenvalue weighted by Gasteiger charge is 2.29. The standard InChI is InChI=1S/C23H22ClFN6OS/c24-16-9-18-19(12-28-21(18)27-11-16)22-29-13-20(25)23(30-22)26-10-15-5-4-8-31(14-15)33(32)17-6-2-1-3-7-17/h1-3,6-7,9,11-13,15H,4-5,8,10,14H2,(H,27,28)(H,26,29,30). The summed E-state index contributed by atoms with van der Waals surface area (Å²) in [6, 6.07) is 11.2. The number of nitrogens with one attached hydrogen (secondary N) is 2. The lowest BCUT2D eigenvalue weighted by Crippen LogP contribution is -2.41. The van der Waals surface area contributed by atoms with E-state index in [0.29, 0.717) is 35.1 Å². The summed E-state index contributed by atoms with van der Waals surface area (Å²) in [5.41, 5.74) is 1.36. The van der Waals surface area contributed by atoms with E-state index in [2.05, 4.69) is 25.3 Å². The fourth-order valence-electron chi connectivity index (χ4n) is 4.05. The van der Waals surface area contributed by atoms with Gasteiger partial charge >= 0.3 is 0 Å². The van der Waals surface area contributed by atoms with Gasteiger partial charge in [-0.1, -0.05) is 29.8 Å². The van der Waals surface area contributed by atoms with E-state index in [1.54, 1.807) is 18.5 Å². The van der Waals surface area contributed by atoms with E-state index in [4.69, 9.17) is 11.6 Å². The third-order valence-corrected chi connectivity index (χ3v) is 7.38. The molecule has 1 saturated heterocycles. The Balaban J connectivity index is 1.29. The highest BCUT2D eigenvalue weighted by atomic mass is 35.5. The predicted octanol–water partition coefficient (Wildman–Crippen LogP) is 4.66. The van der Waals surface area contributed by atoms with E-state index in [1.807, 2.05) is 34.6 Å². The van der Waals surface area contributed by atoms with Crippen LogP contribution in [0.3, 0.4) is 0 Å². The number of benzene rings is 1. The normalized spacial score (nSPS) is 17.8. The monoisotopic (exact) mass is 484 g/mol. The van der Waals surface area contributed by atoms with Crippen molar-refractivity contribution in [1.82, 2.24) is 24.2 Å². The zero-order valence-electron chi connectivity index (χ0n) is 17.7. The van der Waals surface area contributed by atoms with Crippen molar-refractivity contribution in [3.05, 3.63) is 65.8 Å². The quantitative estimate of drug-likeness (QED) is 0.387. The van der Waals surface area contributed by atoms with Gasteiger partial charge in [0.05, 0.1) is 22.6 Å². The van der Waals surface area contributed by atoms with Crippen LogP contribution in [0.4, 0.5) is 10.2 Å². The zero-order chi connectivity index (χ0) is 22.8. The molecule has 0 saturated carbocycles. The first-order valence-electron chi connectivity index (χ1n) is 10.7. The molecule has 3 aromatic heterocycles. The van der Waals surface area contributed by atoms with Gasteiger partial charge in [-0.2, -0.15) is 0 Å². The van der Waals surface area contributed by atoms with Crippen LogP contribution >= 0.6 is 11.6 Å². The van der Waals surface area contributed by atoms with Crippen LogP contribution in [0.1, 0.15) is 12.8 Å². The average molecular weight is 485 g/mol. The summed E-state index contributed by atoms with van der Waals surface area (Å²) in [7, 11) is 0. The minimum atomic E-state index is -1.20. The lowest BCUT2D eigenvalue weighted by molar-refractivity contribution is 0.275. The number of anilines is 1. The molecule has 0 radical (unpaired) electrons. The average Bonchev–Trinajstić information content (AvgIpc) is 3.27. The molecule has 170 valence electrons. The van der Waals surface area contributed by atoms with Crippen LogP contribution < -0.4 is 5.32 Å². The van der Waals surface area contributed by atoms with Gasteiger partial charge in [-0.05, 0) is 37.0 Å². The lowest BCUT2D eigenvalue weighted by atomic mass is 10.00. The van der Waals surface area contributed by atoms with Gasteiger partial charge in [0.25, 0.3) is 0 Å². The number of aromatic amines is 1. The minimum absolute atomic E-state index is 0.144. The molecule has 4 aromatic rings. The molecular formula is C23H22ClFN6OS. The summed E-state index contributed by atoms with van der Waals surface area (Å²) in [5.74, 6) is 0.228. The van der Waals surface area contributed by atoms with Gasteiger partial charge in [-0.25, -0.2) is 19.3 Å². The molecular weight excluding hydrogens is 463 g/mol. The Morgan fingerprint density at radius 2 is 2.09 bits per heavy atom. The number of pyridine rings is 1. The molecule has 1 aromatic carbocycles. The summed E-state index contributed by atoms with van der Waals surface area (Å²) in [6.07, 6.45) is 6.37. The van der Waals surface area contributed by atoms with Crippen molar-refractivity contribution in [2.75, 3.05) is 25.0 Å². The SMILES string of the molecule is [O-][S+](c1ccccc1)N1CCCC(CNc2nc(-c3c[nH]c4ncc(Cl)cc34)ncc2F)C1. The van der Waals surface area contributed by atoms with Gasteiger partial charge in [0.2, 0.25) is 0 Å². The van der Waals surface area contributed by atoms with Gasteiger partial charge in [-0.3, -0.25) is 0 Å². The molecule has 4 heterocycles. The Morgan fingerprint density at radius 3 is 2.94 bits per heavy atom. The van der Waals surface area contributed by atoms with Gasteiger partial charge < -0.3 is 14.9 Å². The Hall–Kier alpha value is -2.72. The smallest absolute Gasteiger partial charge is 0.183 e. The summed E-state index contributed by atoms with van der Waals surface area (Å²) in [4.78, 5) is 16.7. The van der Waals surface area contributed by atoms with Crippen LogP contribution in [0.15, 0.2) is 59.9 Å². The Kier molecular flexibility index (Phi) is 6.45. The molecule has 1 aliphatic heterocycles. The first-order chi connectivity index (χ1) is 16.1. The van der Waals surface area contributed by atoms with E-state index in [0.717, 1.165) is 29.7 Å². The Bertz CT molecular complexity index is 1260. The second kappa shape index (κ2) is 9.64. The summed E-state index contributed by atoms with van der Waals surface area (Å²) >= 11 is 4.89. The van der Waals surface area contributed by atoms with Gasteiger partial charge in [0.15, 0.2) is 22.4 Å². The van der Waals surface area contributed by atoms with Gasteiger partial charge in [-0.15, -0.1) is 4.31 Å². The predicted molar refractivity (Wildman–Crippen MR) is 128 cm³/mol. The molecule has 1 fully saturated rings. The molecule has 2 unspecified atom stereocenters. The van der Waals surface area contributed by atoms with Crippen LogP contribution in [0.5, 0.6) is 0 Å². The second-order valence-corrected chi connectivity index (χ2v) is 9.90. The van der Waals surface area contributed by atoms with Gasteiger partial charge in [0.1, 0.15) is 5.65 Å². The highest BCUT2D eigenvalue weighted by molar-refractivity contribution is 7.89. The zero-order valence-corrected chi connectivity index (χ0v) is 19.2. The van der Waals surface area contributed by atoms with E-state index in [-0.39, 0.29) is 11.7 Å². The molecule has 2 N–H and O–H groups in total. The molecule has 0 bridgehead atoms. The molecule has 1 aliphatic rings. The number of nitrogens with zero attached hydrogens (tertiary/aromatic N) is 4. The summed E-state index contributed by atoms with van der Waals surface area (Å²) < 4.78 is 29.4. The van der Waals surface area contributed by atoms with Gasteiger partial charge in [0, 0.05) is 43.0 Å². The maximum Gasteiger partial charge on any atom is 0.183 e. The number of H-pyrrole nitrogens is 1. The van der Waals surface area contributed by atoms with Crippen molar-refractivity contribution >= 4 is 39.8 Å². The van der Waals surface area contributed by atoms with Crippen LogP contribution in [0.2, 0.25) is 5.02 Å². The molecule has 0 spiro atoms. The van der Waals surface area contributed by atoms with Crippen LogP contribution in [-0.4, -0.2) is 48.4 Å². The number of fused-ring (bicyclic) bond motifs is 1. The molecule has 7 nitrogen and oxygen atoms in total. The van der Waals surface area contributed by atoms with Crippen LogP contribution in [0, 0.1) is 11.7 Å². The Labute approximate surface area is 198 Å². The van der Waals surface area contributed by atoms with E-state index in [1.165, 1.54) is 6.20 Å². The number of rotatable bonds is 6. The van der Waals surface area contributed by atoms with Crippen molar-refractivity contribution < 1.29 is 8.94 Å². The number of hydrogen-bond donors (Lipinski definition) is 2. The van der Waals surface area contributed by atoms with E-state index >= 15 is 0 Å². The van der Waals surface area contributed by atoms with E-state index < -0.39 is 17.2 Å². The maximum absolute atomic E-state index is 14.5. The third-order valence-electron chi connectivity index (χ3n) is 5.70. The first-order valence-corrected chi connectivity index (χ1v) is 12.2. The first kappa shape index (κ1) is 22.1. The van der Waals surface area contributed by atoms with Crippen molar-refractivity contribution in [1.29, 1.82) is 0 Å². The highest BCUT2D eigenvalue weighted by Crippen LogP contribution is 2.29. The molecule has 10 heteroatoms.